The minimum atomic E-state index is -0.113. The summed E-state index contributed by atoms with van der Waals surface area (Å²) in [5.74, 6) is 0.864. The maximum atomic E-state index is 6.00. The second-order valence-electron chi connectivity index (χ2n) is 10.9. The van der Waals surface area contributed by atoms with Gasteiger partial charge in [-0.1, -0.05) is 90.4 Å². The van der Waals surface area contributed by atoms with Crippen molar-refractivity contribution in [3.63, 3.8) is 0 Å². The van der Waals surface area contributed by atoms with Crippen LogP contribution in [0.2, 0.25) is 0 Å². The molecule has 0 unspecified atom stereocenters. The Balaban J connectivity index is 1.40. The first-order valence-corrected chi connectivity index (χ1v) is 16.9. The highest BCUT2D eigenvalue weighted by Gasteiger charge is 2.43. The molecule has 0 saturated heterocycles. The van der Waals surface area contributed by atoms with Crippen LogP contribution in [0.25, 0.3) is 31.9 Å². The summed E-state index contributed by atoms with van der Waals surface area (Å²) in [6, 6.07) is 41.3. The van der Waals surface area contributed by atoms with Gasteiger partial charge in [0.05, 0.1) is 16.8 Å². The average molecular weight is 646 g/mol. The van der Waals surface area contributed by atoms with Crippen molar-refractivity contribution in [2.45, 2.75) is 32.1 Å². The molecule has 0 spiro atoms. The van der Waals surface area contributed by atoms with Crippen LogP contribution >= 0.6 is 27.3 Å². The van der Waals surface area contributed by atoms with Crippen LogP contribution in [0.4, 0.5) is 17.1 Å². The van der Waals surface area contributed by atoms with E-state index in [-0.39, 0.29) is 5.41 Å². The van der Waals surface area contributed by atoms with Crippen LogP contribution in [0.15, 0.2) is 115 Å². The summed E-state index contributed by atoms with van der Waals surface area (Å²) in [6.45, 7) is 5.30. The minimum Gasteiger partial charge on any atom is -0.493 e. The third-order valence-electron chi connectivity index (χ3n) is 8.78. The van der Waals surface area contributed by atoms with Gasteiger partial charge in [-0.2, -0.15) is 0 Å². The number of ether oxygens (including phenoxy) is 1. The molecule has 1 heterocycles. The molecule has 5 aromatic carbocycles. The number of fused-ring (bicyclic) bond motifs is 4. The van der Waals surface area contributed by atoms with E-state index in [1.165, 1.54) is 32.5 Å². The third-order valence-corrected chi connectivity index (χ3v) is 10.2. The van der Waals surface area contributed by atoms with Crippen LogP contribution in [0.3, 0.4) is 0 Å². The Labute approximate surface area is 265 Å². The Morgan fingerprint density at radius 3 is 2.23 bits per heavy atom. The summed E-state index contributed by atoms with van der Waals surface area (Å²) < 4.78 is 7.23. The number of hydrogen-bond acceptors (Lipinski definition) is 4. The molecular formula is C38H33BrN2OS. The molecule has 43 heavy (non-hydrogen) atoms. The quantitative estimate of drug-likeness (QED) is 0.146. The third kappa shape index (κ3) is 4.75. The molecule has 0 saturated carbocycles. The zero-order chi connectivity index (χ0) is 29.4. The van der Waals surface area contributed by atoms with Gasteiger partial charge in [0.1, 0.15) is 10.8 Å². The van der Waals surface area contributed by atoms with Gasteiger partial charge >= 0.3 is 0 Å². The number of anilines is 3. The van der Waals surface area contributed by atoms with Crippen molar-refractivity contribution in [3.8, 4) is 27.4 Å². The predicted octanol–water partition coefficient (Wildman–Crippen LogP) is 11.3. The van der Waals surface area contributed by atoms with Gasteiger partial charge in [0, 0.05) is 39.4 Å². The van der Waals surface area contributed by atoms with E-state index in [9.17, 15) is 0 Å². The number of nitrogens with zero attached hydrogens (tertiary/aromatic N) is 2. The standard InChI is InChI=1S/C38H33BrN2OS/c1-3-38(4-2)33-25-28(41(26-12-6-5-7-13-26)27-14-10-15-29(24-27)42-23-22-39)20-21-30(33)31-16-11-17-32(36(31)38)37-40-34-18-8-9-19-35(34)43-37/h5-21,24-25H,3-4,22-23H2,1-2H3. The number of benzene rings is 5. The average Bonchev–Trinajstić information content (AvgIpc) is 3.62. The molecule has 0 amide bonds. The molecule has 1 aliphatic carbocycles. The zero-order valence-corrected chi connectivity index (χ0v) is 26.8. The Morgan fingerprint density at radius 2 is 1.44 bits per heavy atom. The van der Waals surface area contributed by atoms with Crippen molar-refractivity contribution in [3.05, 3.63) is 126 Å². The normalized spacial score (nSPS) is 13.1. The minimum absolute atomic E-state index is 0.113. The smallest absolute Gasteiger partial charge is 0.124 e. The lowest BCUT2D eigenvalue weighted by Crippen LogP contribution is -2.24. The lowest BCUT2D eigenvalue weighted by atomic mass is 9.72. The van der Waals surface area contributed by atoms with Gasteiger partial charge in [-0.15, -0.1) is 11.3 Å². The van der Waals surface area contributed by atoms with Gasteiger partial charge in [-0.25, -0.2) is 4.98 Å². The van der Waals surface area contributed by atoms with Crippen molar-refractivity contribution in [1.29, 1.82) is 0 Å². The molecule has 0 aliphatic heterocycles. The molecule has 0 atom stereocenters. The van der Waals surface area contributed by atoms with Gasteiger partial charge in [0.25, 0.3) is 0 Å². The second kappa shape index (κ2) is 11.6. The number of aromatic nitrogens is 1. The maximum Gasteiger partial charge on any atom is 0.124 e. The van der Waals surface area contributed by atoms with Crippen LogP contribution in [-0.2, 0) is 5.41 Å². The monoisotopic (exact) mass is 644 g/mol. The van der Waals surface area contributed by atoms with E-state index in [2.05, 4.69) is 144 Å². The lowest BCUT2D eigenvalue weighted by molar-refractivity contribution is 0.345. The van der Waals surface area contributed by atoms with E-state index >= 15 is 0 Å². The Hall–Kier alpha value is -3.93. The fourth-order valence-electron chi connectivity index (χ4n) is 6.77. The van der Waals surface area contributed by atoms with E-state index in [0.717, 1.165) is 51.5 Å². The van der Waals surface area contributed by atoms with E-state index in [0.29, 0.717) is 6.61 Å². The number of alkyl halides is 1. The van der Waals surface area contributed by atoms with Crippen molar-refractivity contribution < 1.29 is 4.74 Å². The van der Waals surface area contributed by atoms with Crippen molar-refractivity contribution >= 4 is 54.5 Å². The molecule has 1 aromatic heterocycles. The zero-order valence-electron chi connectivity index (χ0n) is 24.4. The molecule has 7 rings (SSSR count). The van der Waals surface area contributed by atoms with Crippen LogP contribution in [0.5, 0.6) is 5.75 Å². The topological polar surface area (TPSA) is 25.4 Å². The van der Waals surface area contributed by atoms with Crippen LogP contribution < -0.4 is 9.64 Å². The molecule has 0 bridgehead atoms. The number of halogens is 1. The Kier molecular flexibility index (Phi) is 7.54. The predicted molar refractivity (Wildman–Crippen MR) is 186 cm³/mol. The fraction of sp³-hybridized carbons (Fsp3) is 0.184. The van der Waals surface area contributed by atoms with Crippen LogP contribution in [-0.4, -0.2) is 16.9 Å². The van der Waals surface area contributed by atoms with Crippen molar-refractivity contribution in [2.24, 2.45) is 0 Å². The van der Waals surface area contributed by atoms with Gasteiger partial charge in [0.15, 0.2) is 0 Å². The van der Waals surface area contributed by atoms with Gasteiger partial charge in [0.2, 0.25) is 0 Å². The Bertz CT molecular complexity index is 1880. The molecule has 6 aromatic rings. The number of hydrogen-bond donors (Lipinski definition) is 0. The van der Waals surface area contributed by atoms with Crippen LogP contribution in [0.1, 0.15) is 37.8 Å². The first kappa shape index (κ1) is 27.9. The summed E-state index contributed by atoms with van der Waals surface area (Å²) in [5.41, 5.74) is 11.0. The second-order valence-corrected chi connectivity index (χ2v) is 12.8. The highest BCUT2D eigenvalue weighted by atomic mass is 79.9. The van der Waals surface area contributed by atoms with E-state index in [1.807, 2.05) is 6.07 Å². The van der Waals surface area contributed by atoms with Crippen molar-refractivity contribution in [2.75, 3.05) is 16.8 Å². The largest absolute Gasteiger partial charge is 0.493 e. The van der Waals surface area contributed by atoms with E-state index < -0.39 is 0 Å². The lowest BCUT2D eigenvalue weighted by Gasteiger charge is -2.32. The number of thiazole rings is 1. The van der Waals surface area contributed by atoms with Gasteiger partial charge in [-0.3, -0.25) is 0 Å². The molecule has 0 fully saturated rings. The summed E-state index contributed by atoms with van der Waals surface area (Å²) in [4.78, 5) is 7.45. The number of rotatable bonds is 9. The molecule has 0 N–H and O–H groups in total. The molecule has 1 aliphatic rings. The summed E-state index contributed by atoms with van der Waals surface area (Å²) in [6.07, 6.45) is 2.02. The molecule has 5 heteroatoms. The highest BCUT2D eigenvalue weighted by Crippen LogP contribution is 2.57. The van der Waals surface area contributed by atoms with Crippen LogP contribution in [0, 0.1) is 0 Å². The number of para-hydroxylation sites is 2. The summed E-state index contributed by atoms with van der Waals surface area (Å²) in [7, 11) is 0. The van der Waals surface area contributed by atoms with Gasteiger partial charge < -0.3 is 9.64 Å². The van der Waals surface area contributed by atoms with E-state index in [1.54, 1.807) is 11.3 Å². The molecule has 0 radical (unpaired) electrons. The van der Waals surface area contributed by atoms with E-state index in [4.69, 9.17) is 9.72 Å². The first-order chi connectivity index (χ1) is 21.2. The summed E-state index contributed by atoms with van der Waals surface area (Å²) in [5, 5.41) is 1.89. The molecule has 3 nitrogen and oxygen atoms in total. The molecule has 214 valence electrons. The SMILES string of the molecule is CCC1(CC)c2cc(N(c3ccccc3)c3cccc(OCCBr)c3)ccc2-c2cccc(-c3nc4ccccc4s3)c21. The first-order valence-electron chi connectivity index (χ1n) is 14.9. The Morgan fingerprint density at radius 1 is 0.721 bits per heavy atom. The van der Waals surface area contributed by atoms with Gasteiger partial charge in [-0.05, 0) is 83.6 Å². The summed E-state index contributed by atoms with van der Waals surface area (Å²) >= 11 is 5.27. The maximum absolute atomic E-state index is 6.00. The highest BCUT2D eigenvalue weighted by molar-refractivity contribution is 9.09. The molecular weight excluding hydrogens is 612 g/mol. The van der Waals surface area contributed by atoms with Crippen molar-refractivity contribution in [1.82, 2.24) is 4.98 Å². The fourth-order valence-corrected chi connectivity index (χ4v) is 7.93.